The highest BCUT2D eigenvalue weighted by atomic mass is 14.7. The summed E-state index contributed by atoms with van der Waals surface area (Å²) in [6.45, 7) is 11.1. The van der Waals surface area contributed by atoms with E-state index in [2.05, 4.69) is 33.8 Å². The van der Waals surface area contributed by atoms with Gasteiger partial charge >= 0.3 is 0 Å². The quantitative estimate of drug-likeness (QED) is 0.565. The first-order chi connectivity index (χ1) is 4.85. The summed E-state index contributed by atoms with van der Waals surface area (Å²) in [5.41, 5.74) is 0.726. The van der Waals surface area contributed by atoms with Crippen molar-refractivity contribution in [3.05, 3.63) is 0 Å². The van der Waals surface area contributed by atoms with Gasteiger partial charge in [-0.15, -0.1) is 0 Å². The highest BCUT2D eigenvalue weighted by Gasteiger charge is 2.66. The van der Waals surface area contributed by atoms with Gasteiger partial charge in [-0.3, -0.25) is 0 Å². The van der Waals surface area contributed by atoms with Gasteiger partial charge in [-0.05, 0) is 23.7 Å². The summed E-state index contributed by atoms with van der Waals surface area (Å²) < 4.78 is 0. The lowest BCUT2D eigenvalue weighted by atomic mass is 10.0. The van der Waals surface area contributed by atoms with E-state index in [1.54, 1.807) is 0 Å². The van der Waals surface area contributed by atoms with Crippen molar-refractivity contribution in [1.29, 1.82) is 5.26 Å². The van der Waals surface area contributed by atoms with Crippen LogP contribution in [-0.2, 0) is 0 Å². The average Bonchev–Trinajstić information content (AvgIpc) is 2.24. The van der Waals surface area contributed by atoms with Gasteiger partial charge in [-0.25, -0.2) is 0 Å². The van der Waals surface area contributed by atoms with Crippen molar-refractivity contribution in [2.75, 3.05) is 0 Å². The van der Waals surface area contributed by atoms with Crippen LogP contribution in [0.1, 0.15) is 34.6 Å². The van der Waals surface area contributed by atoms with E-state index in [4.69, 9.17) is 5.26 Å². The minimum absolute atomic E-state index is 0.208. The minimum atomic E-state index is 0.208. The van der Waals surface area contributed by atoms with Crippen molar-refractivity contribution in [2.24, 2.45) is 22.7 Å². The van der Waals surface area contributed by atoms with E-state index < -0.39 is 0 Å². The molecule has 0 aromatic heterocycles. The molecule has 0 aliphatic heterocycles. The van der Waals surface area contributed by atoms with Crippen LogP contribution in [0.3, 0.4) is 0 Å². The lowest BCUT2D eigenvalue weighted by molar-refractivity contribution is 0.457. The number of nitriles is 1. The lowest BCUT2D eigenvalue weighted by Crippen LogP contribution is -1.99. The summed E-state index contributed by atoms with van der Waals surface area (Å²) in [6.07, 6.45) is 0. The Morgan fingerprint density at radius 2 is 1.55 bits per heavy atom. The highest BCUT2D eigenvalue weighted by Crippen LogP contribution is 2.70. The third-order valence-electron chi connectivity index (χ3n) is 3.84. The van der Waals surface area contributed by atoms with Gasteiger partial charge in [0.2, 0.25) is 0 Å². The van der Waals surface area contributed by atoms with E-state index in [0.29, 0.717) is 16.7 Å². The molecule has 1 unspecified atom stereocenters. The van der Waals surface area contributed by atoms with Gasteiger partial charge in [0.15, 0.2) is 0 Å². The Labute approximate surface area is 69.4 Å². The normalized spacial score (nSPS) is 29.1. The van der Waals surface area contributed by atoms with Gasteiger partial charge in [0.1, 0.15) is 0 Å². The van der Waals surface area contributed by atoms with Crippen molar-refractivity contribution < 1.29 is 0 Å². The van der Waals surface area contributed by atoms with Gasteiger partial charge in [-0.2, -0.15) is 5.26 Å². The van der Waals surface area contributed by atoms with Gasteiger partial charge in [0.25, 0.3) is 0 Å². The second-order valence-corrected chi connectivity index (χ2v) is 4.84. The molecule has 0 aromatic rings. The van der Waals surface area contributed by atoms with Crippen LogP contribution in [-0.4, -0.2) is 0 Å². The van der Waals surface area contributed by atoms with Crippen LogP contribution in [0.25, 0.3) is 0 Å². The number of hydrogen-bond donors (Lipinski definition) is 0. The Bertz CT molecular complexity index is 193. The van der Waals surface area contributed by atoms with E-state index in [9.17, 15) is 0 Å². The van der Waals surface area contributed by atoms with Crippen LogP contribution in [0.2, 0.25) is 0 Å². The van der Waals surface area contributed by atoms with Crippen LogP contribution in [0.5, 0.6) is 0 Å². The Morgan fingerprint density at radius 3 is 1.64 bits per heavy atom. The zero-order chi connectivity index (χ0) is 8.86. The number of nitrogens with zero attached hydrogens (tertiary/aromatic N) is 1. The Kier molecular flexibility index (Phi) is 1.56. The van der Waals surface area contributed by atoms with E-state index in [1.165, 1.54) is 0 Å². The molecule has 0 aromatic carbocycles. The molecule has 0 spiro atoms. The smallest absolute Gasteiger partial charge is 0.0656 e. The minimum Gasteiger partial charge on any atom is -0.198 e. The molecular weight excluding hydrogens is 134 g/mol. The molecule has 62 valence electrons. The first-order valence-corrected chi connectivity index (χ1v) is 4.25. The molecule has 0 amide bonds. The lowest BCUT2D eigenvalue weighted by Gasteiger charge is -2.04. The Balaban J connectivity index is 2.77. The molecule has 0 N–H and O–H groups in total. The molecule has 0 radical (unpaired) electrons. The topological polar surface area (TPSA) is 23.8 Å². The maximum atomic E-state index is 8.76. The predicted molar refractivity (Wildman–Crippen MR) is 45.8 cm³/mol. The molecular formula is C10H17N. The molecule has 1 nitrogen and oxygen atoms in total. The average molecular weight is 151 g/mol. The second kappa shape index (κ2) is 2.00. The monoisotopic (exact) mass is 151 g/mol. The fourth-order valence-electron chi connectivity index (χ4n) is 2.57. The summed E-state index contributed by atoms with van der Waals surface area (Å²) >= 11 is 0. The molecule has 11 heavy (non-hydrogen) atoms. The summed E-state index contributed by atoms with van der Waals surface area (Å²) in [4.78, 5) is 0. The van der Waals surface area contributed by atoms with Gasteiger partial charge in [0.05, 0.1) is 6.07 Å². The maximum absolute atomic E-state index is 8.76. The summed E-state index contributed by atoms with van der Waals surface area (Å²) in [5.74, 6) is 0.792. The molecule has 1 aliphatic carbocycles. The largest absolute Gasteiger partial charge is 0.198 e. The number of hydrogen-bond acceptors (Lipinski definition) is 1. The predicted octanol–water partition coefficient (Wildman–Crippen LogP) is 2.83. The molecule has 1 heteroatoms. The third-order valence-corrected chi connectivity index (χ3v) is 3.84. The fraction of sp³-hybridized carbons (Fsp3) is 0.900. The van der Waals surface area contributed by atoms with Crippen LogP contribution >= 0.6 is 0 Å². The highest BCUT2D eigenvalue weighted by molar-refractivity contribution is 5.16. The van der Waals surface area contributed by atoms with Crippen LogP contribution in [0.15, 0.2) is 0 Å². The Morgan fingerprint density at radius 1 is 1.18 bits per heavy atom. The molecule has 0 saturated heterocycles. The van der Waals surface area contributed by atoms with Crippen LogP contribution in [0.4, 0.5) is 0 Å². The van der Waals surface area contributed by atoms with Crippen molar-refractivity contribution in [3.8, 4) is 6.07 Å². The van der Waals surface area contributed by atoms with Crippen LogP contribution in [0, 0.1) is 34.0 Å². The third kappa shape index (κ3) is 0.888. The van der Waals surface area contributed by atoms with Crippen molar-refractivity contribution in [1.82, 2.24) is 0 Å². The van der Waals surface area contributed by atoms with Crippen molar-refractivity contribution in [3.63, 3.8) is 0 Å². The van der Waals surface area contributed by atoms with Crippen LogP contribution < -0.4 is 0 Å². The van der Waals surface area contributed by atoms with Crippen molar-refractivity contribution >= 4 is 0 Å². The molecule has 1 rings (SSSR count). The van der Waals surface area contributed by atoms with Crippen molar-refractivity contribution in [2.45, 2.75) is 34.6 Å². The fourth-order valence-corrected chi connectivity index (χ4v) is 2.57. The SMILES string of the molecule is CC(C#N)C1C(C)(C)C1(C)C. The van der Waals surface area contributed by atoms with E-state index >= 15 is 0 Å². The van der Waals surface area contributed by atoms with E-state index in [-0.39, 0.29) is 5.92 Å². The second-order valence-electron chi connectivity index (χ2n) is 4.84. The summed E-state index contributed by atoms with van der Waals surface area (Å²) in [6, 6.07) is 2.34. The van der Waals surface area contributed by atoms with E-state index in [0.717, 1.165) is 0 Å². The molecule has 1 atom stereocenters. The Hall–Kier alpha value is -0.510. The first kappa shape index (κ1) is 8.59. The molecule has 0 bridgehead atoms. The zero-order valence-electron chi connectivity index (χ0n) is 8.10. The number of rotatable bonds is 1. The summed E-state index contributed by atoms with van der Waals surface area (Å²) in [5, 5.41) is 8.76. The molecule has 1 fully saturated rings. The summed E-state index contributed by atoms with van der Waals surface area (Å²) in [7, 11) is 0. The molecule has 1 aliphatic rings. The standard InChI is InChI=1S/C10H17N/c1-7(6-11)8-9(2,3)10(8,4)5/h7-8H,1-5H3. The molecule has 0 heterocycles. The van der Waals surface area contributed by atoms with Gasteiger partial charge in [-0.1, -0.05) is 27.7 Å². The zero-order valence-corrected chi connectivity index (χ0v) is 8.10. The van der Waals surface area contributed by atoms with Gasteiger partial charge < -0.3 is 0 Å². The first-order valence-electron chi connectivity index (χ1n) is 4.25. The molecule has 1 saturated carbocycles. The van der Waals surface area contributed by atoms with Gasteiger partial charge in [0, 0.05) is 5.92 Å². The maximum Gasteiger partial charge on any atom is 0.0656 e. The van der Waals surface area contributed by atoms with E-state index in [1.807, 2.05) is 6.92 Å².